The third kappa shape index (κ3) is 10.3. The molecule has 1 amide bonds. The van der Waals surface area contributed by atoms with E-state index in [-0.39, 0.29) is 18.1 Å². The summed E-state index contributed by atoms with van der Waals surface area (Å²) in [5, 5.41) is 0. The van der Waals surface area contributed by atoms with Crippen LogP contribution in [0.3, 0.4) is 0 Å². The van der Waals surface area contributed by atoms with Crippen LogP contribution in [0.15, 0.2) is 85.5 Å². The van der Waals surface area contributed by atoms with E-state index in [0.717, 1.165) is 67.9 Å². The number of fused-ring (bicyclic) bond motifs is 1. The Kier molecular flexibility index (Phi) is 12.7. The van der Waals surface area contributed by atoms with Gasteiger partial charge in [-0.3, -0.25) is 0 Å². The van der Waals surface area contributed by atoms with Gasteiger partial charge in [-0.05, 0) is 81.0 Å². The lowest BCUT2D eigenvalue weighted by molar-refractivity contribution is -0.0359. The van der Waals surface area contributed by atoms with Crippen molar-refractivity contribution in [3.63, 3.8) is 0 Å². The molecule has 0 bridgehead atoms. The summed E-state index contributed by atoms with van der Waals surface area (Å²) < 4.78 is 31.9. The monoisotopic (exact) mass is 710 g/mol. The number of aryl methyl sites for hydroxylation is 1. The van der Waals surface area contributed by atoms with Crippen molar-refractivity contribution in [2.24, 2.45) is 0 Å². The van der Waals surface area contributed by atoms with Crippen LogP contribution in [0.1, 0.15) is 68.2 Å². The van der Waals surface area contributed by atoms with Gasteiger partial charge in [-0.25, -0.2) is 9.78 Å². The number of methoxy groups -OCH3 is 1. The Hall–Kier alpha value is -4.54. The van der Waals surface area contributed by atoms with Crippen molar-refractivity contribution in [2.75, 3.05) is 51.4 Å². The maximum absolute atomic E-state index is 13.1. The maximum Gasteiger partial charge on any atom is 0.410 e. The molecule has 0 radical (unpaired) electrons. The normalized spacial score (nSPS) is 17.5. The van der Waals surface area contributed by atoms with E-state index in [0.29, 0.717) is 39.5 Å². The number of carbonyl (C=O) groups is 1. The second-order valence-corrected chi connectivity index (χ2v) is 14.7. The number of ether oxygens (including phenoxy) is 5. The highest BCUT2D eigenvalue weighted by Gasteiger charge is 2.35. The number of rotatable bonds is 15. The number of carbonyl (C=O) groups excluding carboxylic acids is 1. The van der Waals surface area contributed by atoms with Crippen LogP contribution < -0.4 is 14.4 Å². The molecule has 1 fully saturated rings. The van der Waals surface area contributed by atoms with Crippen LogP contribution in [0.4, 0.5) is 10.5 Å². The van der Waals surface area contributed by atoms with Crippen molar-refractivity contribution in [3.05, 3.63) is 108 Å². The van der Waals surface area contributed by atoms with E-state index in [9.17, 15) is 4.79 Å². The molecule has 1 saturated heterocycles. The third-order valence-electron chi connectivity index (χ3n) is 9.69. The van der Waals surface area contributed by atoms with E-state index in [1.165, 1.54) is 16.8 Å². The molecule has 278 valence electrons. The van der Waals surface area contributed by atoms with Crippen molar-refractivity contribution < 1.29 is 28.5 Å². The molecule has 3 aromatic carbocycles. The first-order valence-electron chi connectivity index (χ1n) is 18.6. The number of likely N-dealkylation sites (tertiary alicyclic amines) is 1. The largest absolute Gasteiger partial charge is 0.496 e. The molecule has 10 nitrogen and oxygen atoms in total. The van der Waals surface area contributed by atoms with Gasteiger partial charge in [0.05, 0.1) is 52.5 Å². The number of aromatic nitrogens is 2. The molecule has 1 aromatic heterocycles. The third-order valence-corrected chi connectivity index (χ3v) is 9.69. The van der Waals surface area contributed by atoms with Gasteiger partial charge in [0, 0.05) is 62.2 Å². The topological polar surface area (TPSA) is 87.5 Å². The molecule has 2 aliphatic heterocycles. The summed E-state index contributed by atoms with van der Waals surface area (Å²) in [5.41, 5.74) is 5.47. The number of imidazole rings is 1. The molecule has 4 aromatic rings. The quantitative estimate of drug-likeness (QED) is 0.116. The van der Waals surface area contributed by atoms with Gasteiger partial charge < -0.3 is 38.1 Å². The SMILES string of the molecule is COc1ccccc1COCCCOc1ccc([C@H]2CCN(C(=O)OC(C)(C)C)C[C@@H]2OCc2ccc3c(c2)N(CCn2ccnc2)CCC3)cc1. The second kappa shape index (κ2) is 17.8. The van der Waals surface area contributed by atoms with Crippen molar-refractivity contribution in [2.45, 2.75) is 83.8 Å². The highest BCUT2D eigenvalue weighted by molar-refractivity contribution is 5.68. The molecule has 0 aliphatic carbocycles. The van der Waals surface area contributed by atoms with E-state index in [1.807, 2.05) is 75.9 Å². The molecular formula is C42H54N4O6. The Morgan fingerprint density at radius 1 is 0.962 bits per heavy atom. The molecular weight excluding hydrogens is 656 g/mol. The Morgan fingerprint density at radius 3 is 2.60 bits per heavy atom. The summed E-state index contributed by atoms with van der Waals surface area (Å²) >= 11 is 0. The minimum absolute atomic E-state index is 0.125. The summed E-state index contributed by atoms with van der Waals surface area (Å²) in [7, 11) is 1.67. The summed E-state index contributed by atoms with van der Waals surface area (Å²) in [6.07, 6.45) is 9.03. The number of anilines is 1. The van der Waals surface area contributed by atoms with Crippen LogP contribution in [0.25, 0.3) is 0 Å². The molecule has 0 spiro atoms. The van der Waals surface area contributed by atoms with Gasteiger partial charge in [0.1, 0.15) is 17.1 Å². The first-order valence-corrected chi connectivity index (χ1v) is 18.6. The lowest BCUT2D eigenvalue weighted by Gasteiger charge is -2.39. The first-order chi connectivity index (χ1) is 25.3. The first kappa shape index (κ1) is 37.2. The fraction of sp³-hybridized carbons (Fsp3) is 0.476. The van der Waals surface area contributed by atoms with Gasteiger partial charge in [-0.1, -0.05) is 42.5 Å². The summed E-state index contributed by atoms with van der Waals surface area (Å²) in [6, 6.07) is 23.0. The number of para-hydroxylation sites is 1. The number of hydrogen-bond donors (Lipinski definition) is 0. The van der Waals surface area contributed by atoms with Crippen LogP contribution in [-0.4, -0.2) is 78.8 Å². The van der Waals surface area contributed by atoms with E-state index in [2.05, 4.69) is 44.8 Å². The zero-order valence-corrected chi connectivity index (χ0v) is 31.2. The van der Waals surface area contributed by atoms with Crippen molar-refractivity contribution in [3.8, 4) is 11.5 Å². The Balaban J connectivity index is 1.06. The molecule has 0 N–H and O–H groups in total. The van der Waals surface area contributed by atoms with Crippen molar-refractivity contribution in [1.29, 1.82) is 0 Å². The molecule has 52 heavy (non-hydrogen) atoms. The molecule has 2 aliphatic rings. The van der Waals surface area contributed by atoms with E-state index < -0.39 is 5.60 Å². The lowest BCUT2D eigenvalue weighted by atomic mass is 9.87. The zero-order valence-electron chi connectivity index (χ0n) is 31.2. The van der Waals surface area contributed by atoms with E-state index in [1.54, 1.807) is 12.0 Å². The van der Waals surface area contributed by atoms with Crippen LogP contribution in [-0.2, 0) is 40.4 Å². The number of amides is 1. The average Bonchev–Trinajstić information content (AvgIpc) is 3.68. The van der Waals surface area contributed by atoms with E-state index in [4.69, 9.17) is 23.7 Å². The molecule has 0 saturated carbocycles. The Morgan fingerprint density at radius 2 is 1.81 bits per heavy atom. The molecule has 0 unspecified atom stereocenters. The van der Waals surface area contributed by atoms with Gasteiger partial charge in [-0.15, -0.1) is 0 Å². The van der Waals surface area contributed by atoms with Crippen LogP contribution in [0.5, 0.6) is 11.5 Å². The molecule has 2 atom stereocenters. The highest BCUT2D eigenvalue weighted by Crippen LogP contribution is 2.34. The predicted molar refractivity (Wildman–Crippen MR) is 202 cm³/mol. The van der Waals surface area contributed by atoms with Gasteiger partial charge in [0.2, 0.25) is 0 Å². The van der Waals surface area contributed by atoms with Gasteiger partial charge in [-0.2, -0.15) is 0 Å². The number of nitrogens with zero attached hydrogens (tertiary/aromatic N) is 4. The highest BCUT2D eigenvalue weighted by atomic mass is 16.6. The summed E-state index contributed by atoms with van der Waals surface area (Å²) in [5.74, 6) is 1.79. The Bertz CT molecular complexity index is 1700. The smallest absolute Gasteiger partial charge is 0.410 e. The van der Waals surface area contributed by atoms with Crippen molar-refractivity contribution >= 4 is 11.8 Å². The number of piperidine rings is 1. The van der Waals surface area contributed by atoms with Gasteiger partial charge >= 0.3 is 6.09 Å². The minimum Gasteiger partial charge on any atom is -0.496 e. The second-order valence-electron chi connectivity index (χ2n) is 14.7. The lowest BCUT2D eigenvalue weighted by Crippen LogP contribution is -2.48. The molecule has 3 heterocycles. The fourth-order valence-electron chi connectivity index (χ4n) is 7.00. The van der Waals surface area contributed by atoms with Crippen LogP contribution in [0.2, 0.25) is 0 Å². The zero-order chi connectivity index (χ0) is 36.3. The minimum atomic E-state index is -0.561. The summed E-state index contributed by atoms with van der Waals surface area (Å²) in [6.45, 7) is 11.8. The van der Waals surface area contributed by atoms with Crippen LogP contribution >= 0.6 is 0 Å². The standard InChI is InChI=1S/C42H54N4O6/c1-42(2,3)52-41(47)46-21-18-37(33-14-16-36(17-15-33)50-26-8-25-49-30-35-9-5-6-11-39(35)48-4)40(28-46)51-29-32-12-13-34-10-7-20-45(38(34)27-32)24-23-44-22-19-43-31-44/h5-6,9,11-17,19,22,27,31,37,40H,7-8,10,18,20-21,23-26,28-30H2,1-4H3/t37-,40+/m1/s1. The van der Waals surface area contributed by atoms with Gasteiger partial charge in [0.15, 0.2) is 0 Å². The fourth-order valence-corrected chi connectivity index (χ4v) is 7.00. The van der Waals surface area contributed by atoms with Crippen molar-refractivity contribution in [1.82, 2.24) is 14.5 Å². The molecule has 10 heteroatoms. The summed E-state index contributed by atoms with van der Waals surface area (Å²) in [4.78, 5) is 21.6. The maximum atomic E-state index is 13.1. The molecule has 6 rings (SSSR count). The predicted octanol–water partition coefficient (Wildman–Crippen LogP) is 7.64. The van der Waals surface area contributed by atoms with E-state index >= 15 is 0 Å². The average molecular weight is 711 g/mol. The Labute approximate surface area is 308 Å². The number of benzene rings is 3. The van der Waals surface area contributed by atoms with Gasteiger partial charge in [0.25, 0.3) is 0 Å². The van der Waals surface area contributed by atoms with Crippen LogP contribution in [0, 0.1) is 0 Å². The number of hydrogen-bond acceptors (Lipinski definition) is 8.